The first-order valence-electron chi connectivity index (χ1n) is 5.41. The van der Waals surface area contributed by atoms with E-state index in [1.54, 1.807) is 18.2 Å². The fourth-order valence-electron chi connectivity index (χ4n) is 1.31. The molecule has 19 heavy (non-hydrogen) atoms. The summed E-state index contributed by atoms with van der Waals surface area (Å²) in [4.78, 5) is 15.9. The second-order valence-corrected chi connectivity index (χ2v) is 4.74. The lowest BCUT2D eigenvalue weighted by Crippen LogP contribution is -2.13. The number of H-pyrrole nitrogens is 1. The van der Waals surface area contributed by atoms with Crippen LogP contribution in [0.15, 0.2) is 22.7 Å². The van der Waals surface area contributed by atoms with Gasteiger partial charge in [-0.1, -0.05) is 11.6 Å². The molecule has 0 radical (unpaired) electrons. The Morgan fingerprint density at radius 2 is 2.37 bits per heavy atom. The van der Waals surface area contributed by atoms with Crippen molar-refractivity contribution in [2.24, 2.45) is 0 Å². The molecule has 2 N–H and O–H groups in total. The number of amides is 1. The number of hydrogen-bond acceptors (Lipinski definition) is 4. The number of ether oxygens (including phenoxy) is 1. The summed E-state index contributed by atoms with van der Waals surface area (Å²) in [7, 11) is 0. The average Bonchev–Trinajstić information content (AvgIpc) is 2.80. The van der Waals surface area contributed by atoms with Crippen molar-refractivity contribution in [3.8, 4) is 6.01 Å². The monoisotopic (exact) mass is 344 g/mol. The molecule has 1 amide bonds. The number of benzene rings is 1. The van der Waals surface area contributed by atoms with Gasteiger partial charge in [-0.2, -0.15) is 4.98 Å². The van der Waals surface area contributed by atoms with Gasteiger partial charge in [0.1, 0.15) is 0 Å². The number of halogens is 2. The van der Waals surface area contributed by atoms with Gasteiger partial charge >= 0.3 is 6.01 Å². The van der Waals surface area contributed by atoms with Gasteiger partial charge in [-0.25, -0.2) is 5.10 Å². The van der Waals surface area contributed by atoms with Gasteiger partial charge in [-0.05, 0) is 41.1 Å². The maximum Gasteiger partial charge on any atom is 0.337 e. The number of anilines is 1. The number of rotatable bonds is 4. The van der Waals surface area contributed by atoms with Crippen molar-refractivity contribution in [1.82, 2.24) is 15.2 Å². The molecule has 8 heteroatoms. The first-order valence-corrected chi connectivity index (χ1v) is 6.59. The zero-order valence-electron chi connectivity index (χ0n) is 9.91. The third-order valence-corrected chi connectivity index (χ3v) is 3.38. The fraction of sp³-hybridized carbons (Fsp3) is 0.182. The lowest BCUT2D eigenvalue weighted by Gasteiger charge is -2.02. The van der Waals surface area contributed by atoms with Gasteiger partial charge in [0.15, 0.2) is 0 Å². The van der Waals surface area contributed by atoms with Crippen LogP contribution in [0.2, 0.25) is 5.02 Å². The predicted molar refractivity (Wildman–Crippen MR) is 74.7 cm³/mol. The molecule has 1 aromatic heterocycles. The van der Waals surface area contributed by atoms with Gasteiger partial charge in [0.25, 0.3) is 5.91 Å². The van der Waals surface area contributed by atoms with Gasteiger partial charge in [0.2, 0.25) is 5.95 Å². The molecule has 0 aliphatic carbocycles. The molecule has 0 bridgehead atoms. The average molecular weight is 346 g/mol. The summed E-state index contributed by atoms with van der Waals surface area (Å²) >= 11 is 9.18. The van der Waals surface area contributed by atoms with E-state index in [0.29, 0.717) is 17.2 Å². The van der Waals surface area contributed by atoms with E-state index >= 15 is 0 Å². The molecule has 1 aromatic carbocycles. The maximum absolute atomic E-state index is 11.9. The summed E-state index contributed by atoms with van der Waals surface area (Å²) in [5.41, 5.74) is 0.419. The molecule has 0 unspecified atom stereocenters. The Kier molecular flexibility index (Phi) is 4.39. The molecular weight excluding hydrogens is 336 g/mol. The van der Waals surface area contributed by atoms with Crippen molar-refractivity contribution in [3.63, 3.8) is 0 Å². The van der Waals surface area contributed by atoms with E-state index in [-0.39, 0.29) is 17.9 Å². The van der Waals surface area contributed by atoms with Crippen LogP contribution in [0, 0.1) is 0 Å². The first-order chi connectivity index (χ1) is 9.10. The quantitative estimate of drug-likeness (QED) is 0.893. The summed E-state index contributed by atoms with van der Waals surface area (Å²) in [6, 6.07) is 5.08. The van der Waals surface area contributed by atoms with Crippen LogP contribution in [0.4, 0.5) is 5.95 Å². The highest BCUT2D eigenvalue weighted by molar-refractivity contribution is 9.10. The van der Waals surface area contributed by atoms with E-state index in [1.807, 2.05) is 6.92 Å². The lowest BCUT2D eigenvalue weighted by atomic mass is 10.2. The Balaban J connectivity index is 2.09. The van der Waals surface area contributed by atoms with E-state index in [9.17, 15) is 4.79 Å². The normalized spacial score (nSPS) is 10.3. The van der Waals surface area contributed by atoms with Crippen LogP contribution in [0.3, 0.4) is 0 Å². The lowest BCUT2D eigenvalue weighted by molar-refractivity contribution is 0.102. The topological polar surface area (TPSA) is 79.9 Å². The van der Waals surface area contributed by atoms with E-state index in [4.69, 9.17) is 16.3 Å². The van der Waals surface area contributed by atoms with E-state index in [1.165, 1.54) is 0 Å². The SMILES string of the molecule is CCOc1n[nH]c(NC(=O)c2ccc(Br)c(Cl)c2)n1. The molecule has 2 aromatic rings. The van der Waals surface area contributed by atoms with E-state index < -0.39 is 0 Å². The Labute approximate surface area is 122 Å². The Morgan fingerprint density at radius 3 is 3.05 bits per heavy atom. The maximum atomic E-state index is 11.9. The summed E-state index contributed by atoms with van der Waals surface area (Å²) < 4.78 is 5.80. The molecular formula is C11H10BrClN4O2. The molecule has 0 spiro atoms. The Bertz CT molecular complexity index is 602. The zero-order valence-corrected chi connectivity index (χ0v) is 12.2. The number of carbonyl (C=O) groups is 1. The van der Waals surface area contributed by atoms with Gasteiger partial charge < -0.3 is 4.74 Å². The van der Waals surface area contributed by atoms with Crippen LogP contribution < -0.4 is 10.1 Å². The van der Waals surface area contributed by atoms with Crippen LogP contribution in [-0.2, 0) is 0 Å². The molecule has 0 fully saturated rings. The molecule has 0 saturated heterocycles. The molecule has 0 atom stereocenters. The number of aromatic amines is 1. The van der Waals surface area contributed by atoms with Crippen molar-refractivity contribution < 1.29 is 9.53 Å². The largest absolute Gasteiger partial charge is 0.463 e. The highest BCUT2D eigenvalue weighted by Gasteiger charge is 2.11. The summed E-state index contributed by atoms with van der Waals surface area (Å²) in [6.07, 6.45) is 0. The summed E-state index contributed by atoms with van der Waals surface area (Å²) in [6.45, 7) is 2.27. The van der Waals surface area contributed by atoms with Gasteiger partial charge in [0.05, 0.1) is 11.6 Å². The van der Waals surface area contributed by atoms with Gasteiger partial charge in [-0.15, -0.1) is 5.10 Å². The highest BCUT2D eigenvalue weighted by Crippen LogP contribution is 2.23. The second-order valence-electron chi connectivity index (χ2n) is 3.48. The summed E-state index contributed by atoms with van der Waals surface area (Å²) in [5, 5.41) is 9.35. The predicted octanol–water partition coefficient (Wildman–Crippen LogP) is 2.87. The van der Waals surface area contributed by atoms with E-state index in [0.717, 1.165) is 4.47 Å². The van der Waals surface area contributed by atoms with Crippen molar-refractivity contribution >= 4 is 39.4 Å². The Morgan fingerprint density at radius 1 is 1.58 bits per heavy atom. The van der Waals surface area contributed by atoms with Crippen molar-refractivity contribution in [2.75, 3.05) is 11.9 Å². The number of nitrogens with zero attached hydrogens (tertiary/aromatic N) is 2. The van der Waals surface area contributed by atoms with Crippen LogP contribution in [0.5, 0.6) is 6.01 Å². The summed E-state index contributed by atoms with van der Waals surface area (Å²) in [5.74, 6) is -0.124. The molecule has 2 rings (SSSR count). The minimum absolute atomic E-state index is 0.187. The number of aromatic nitrogens is 3. The molecule has 100 valence electrons. The van der Waals surface area contributed by atoms with Crippen molar-refractivity contribution in [1.29, 1.82) is 0 Å². The third kappa shape index (κ3) is 3.45. The number of hydrogen-bond donors (Lipinski definition) is 2. The van der Waals surface area contributed by atoms with E-state index in [2.05, 4.69) is 36.4 Å². The standard InChI is InChI=1S/C11H10BrClN4O2/c1-2-19-11-15-10(16-17-11)14-9(18)6-3-4-7(12)8(13)5-6/h3-5H,2H2,1H3,(H2,14,15,16,17,18). The molecule has 0 aliphatic rings. The highest BCUT2D eigenvalue weighted by atomic mass is 79.9. The minimum Gasteiger partial charge on any atom is -0.463 e. The molecule has 0 aliphatic heterocycles. The van der Waals surface area contributed by atoms with Crippen LogP contribution in [-0.4, -0.2) is 27.7 Å². The van der Waals surface area contributed by atoms with Gasteiger partial charge in [0, 0.05) is 10.0 Å². The second kappa shape index (κ2) is 6.03. The van der Waals surface area contributed by atoms with Crippen LogP contribution in [0.25, 0.3) is 0 Å². The fourth-order valence-corrected chi connectivity index (χ4v) is 1.74. The van der Waals surface area contributed by atoms with Crippen LogP contribution in [0.1, 0.15) is 17.3 Å². The molecule has 1 heterocycles. The van der Waals surface area contributed by atoms with Gasteiger partial charge in [-0.3, -0.25) is 10.1 Å². The smallest absolute Gasteiger partial charge is 0.337 e. The third-order valence-electron chi connectivity index (χ3n) is 2.15. The van der Waals surface area contributed by atoms with Crippen molar-refractivity contribution in [3.05, 3.63) is 33.3 Å². The zero-order chi connectivity index (χ0) is 13.8. The van der Waals surface area contributed by atoms with Crippen molar-refractivity contribution in [2.45, 2.75) is 6.92 Å². The van der Waals surface area contributed by atoms with Crippen LogP contribution >= 0.6 is 27.5 Å². The first kappa shape index (κ1) is 13.8. The number of nitrogens with one attached hydrogen (secondary N) is 2. The number of carbonyl (C=O) groups excluding carboxylic acids is 1. The molecule has 0 saturated carbocycles. The minimum atomic E-state index is -0.339. The Hall–Kier alpha value is -1.60. The molecule has 6 nitrogen and oxygen atoms in total.